The lowest BCUT2D eigenvalue weighted by molar-refractivity contribution is -0.274. The minimum atomic E-state index is -4.88. The number of amides is 1. The number of halogens is 3. The van der Waals surface area contributed by atoms with Crippen molar-refractivity contribution in [3.8, 4) is 5.75 Å². The van der Waals surface area contributed by atoms with Gasteiger partial charge in [0.1, 0.15) is 11.4 Å². The predicted octanol–water partition coefficient (Wildman–Crippen LogP) is 2.18. The molecule has 30 heavy (non-hydrogen) atoms. The maximum atomic E-state index is 12.5. The molecule has 1 amide bonds. The van der Waals surface area contributed by atoms with E-state index < -0.39 is 29.3 Å². The lowest BCUT2D eigenvalue weighted by Gasteiger charge is -2.13. The average molecular weight is 440 g/mol. The Balaban J connectivity index is 1.74. The number of nitrogens with one attached hydrogen (secondary N) is 2. The van der Waals surface area contributed by atoms with Crippen molar-refractivity contribution in [2.24, 2.45) is 0 Å². The van der Waals surface area contributed by atoms with Crippen LogP contribution < -0.4 is 21.3 Å². The Labute approximate surface area is 171 Å². The fourth-order valence-corrected chi connectivity index (χ4v) is 3.18. The van der Waals surface area contributed by atoms with E-state index in [0.717, 1.165) is 21.7 Å². The summed E-state index contributed by atoms with van der Waals surface area (Å²) in [5, 5.41) is 4.84. The van der Waals surface area contributed by atoms with E-state index in [-0.39, 0.29) is 24.3 Å². The van der Waals surface area contributed by atoms with Gasteiger partial charge in [0.2, 0.25) is 0 Å². The molecule has 1 aromatic carbocycles. The SMILES string of the molecule is Cc1nc(Cn2c(=O)cc(C(=O)NCc3ccccc3OC(F)(F)F)[nH]c2=O)cs1. The summed E-state index contributed by atoms with van der Waals surface area (Å²) in [5.74, 6) is -1.30. The second kappa shape index (κ2) is 8.53. The average Bonchev–Trinajstić information content (AvgIpc) is 3.07. The van der Waals surface area contributed by atoms with E-state index >= 15 is 0 Å². The number of thiazole rings is 1. The maximum absolute atomic E-state index is 12.5. The molecule has 2 aromatic heterocycles. The van der Waals surface area contributed by atoms with Crippen molar-refractivity contribution in [3.63, 3.8) is 0 Å². The highest BCUT2D eigenvalue weighted by atomic mass is 32.1. The van der Waals surface area contributed by atoms with E-state index in [1.165, 1.54) is 29.5 Å². The van der Waals surface area contributed by atoms with E-state index in [4.69, 9.17) is 0 Å². The fourth-order valence-electron chi connectivity index (χ4n) is 2.58. The number of aryl methyl sites for hydroxylation is 1. The van der Waals surface area contributed by atoms with Crippen LogP contribution in [0.5, 0.6) is 5.75 Å². The Morgan fingerprint density at radius 3 is 2.67 bits per heavy atom. The van der Waals surface area contributed by atoms with Crippen molar-refractivity contribution in [3.05, 3.63) is 78.5 Å². The Bertz CT molecular complexity index is 1150. The van der Waals surface area contributed by atoms with E-state index in [0.29, 0.717) is 5.69 Å². The van der Waals surface area contributed by atoms with Gasteiger partial charge in [-0.1, -0.05) is 18.2 Å². The van der Waals surface area contributed by atoms with Crippen molar-refractivity contribution in [2.45, 2.75) is 26.4 Å². The Morgan fingerprint density at radius 1 is 1.30 bits per heavy atom. The number of aromatic nitrogens is 3. The minimum Gasteiger partial charge on any atom is -0.405 e. The van der Waals surface area contributed by atoms with Gasteiger partial charge in [-0.2, -0.15) is 0 Å². The molecule has 3 rings (SSSR count). The van der Waals surface area contributed by atoms with Crippen LogP contribution in [0.25, 0.3) is 0 Å². The van der Waals surface area contributed by atoms with Crippen LogP contribution in [0.1, 0.15) is 26.8 Å². The standard InChI is InChI=1S/C18H15F3N4O4S/c1-10-23-12(9-30-10)8-25-15(26)6-13(24-17(25)28)16(27)22-7-11-4-2-3-5-14(11)29-18(19,20)21/h2-6,9H,7-8H2,1H3,(H,22,27)(H,24,28). The third-order valence-corrected chi connectivity index (χ3v) is 4.71. The Kier molecular flexibility index (Phi) is 6.06. The summed E-state index contributed by atoms with van der Waals surface area (Å²) in [7, 11) is 0. The van der Waals surface area contributed by atoms with Crippen molar-refractivity contribution in [1.82, 2.24) is 19.9 Å². The second-order valence-corrected chi connectivity index (χ2v) is 7.17. The van der Waals surface area contributed by atoms with Crippen LogP contribution in [0.2, 0.25) is 0 Å². The summed E-state index contributed by atoms with van der Waals surface area (Å²) in [6, 6.07) is 6.23. The van der Waals surface area contributed by atoms with Crippen LogP contribution in [0.15, 0.2) is 45.3 Å². The third kappa shape index (κ3) is 5.35. The number of ether oxygens (including phenoxy) is 1. The number of hydrogen-bond acceptors (Lipinski definition) is 6. The molecule has 0 aliphatic rings. The maximum Gasteiger partial charge on any atom is 0.573 e. The van der Waals surface area contributed by atoms with E-state index in [1.807, 2.05) is 0 Å². The van der Waals surface area contributed by atoms with Crippen molar-refractivity contribution < 1.29 is 22.7 Å². The minimum absolute atomic E-state index is 0.0530. The molecule has 2 N–H and O–H groups in total. The van der Waals surface area contributed by atoms with Gasteiger partial charge in [-0.05, 0) is 13.0 Å². The summed E-state index contributed by atoms with van der Waals surface area (Å²) in [5.41, 5.74) is -1.24. The summed E-state index contributed by atoms with van der Waals surface area (Å²) >= 11 is 1.37. The molecule has 2 heterocycles. The largest absolute Gasteiger partial charge is 0.573 e. The third-order valence-electron chi connectivity index (χ3n) is 3.89. The van der Waals surface area contributed by atoms with Crippen LogP contribution in [0, 0.1) is 6.92 Å². The molecule has 158 valence electrons. The number of hydrogen-bond donors (Lipinski definition) is 2. The normalized spacial score (nSPS) is 11.3. The van der Waals surface area contributed by atoms with Gasteiger partial charge in [-0.15, -0.1) is 24.5 Å². The van der Waals surface area contributed by atoms with Crippen LogP contribution in [0.3, 0.4) is 0 Å². The first-order valence-corrected chi connectivity index (χ1v) is 9.37. The van der Waals surface area contributed by atoms with E-state index in [1.54, 1.807) is 12.3 Å². The van der Waals surface area contributed by atoms with E-state index in [9.17, 15) is 27.6 Å². The van der Waals surface area contributed by atoms with Gasteiger partial charge >= 0.3 is 12.1 Å². The molecule has 0 spiro atoms. The number of para-hydroxylation sites is 1. The van der Waals surface area contributed by atoms with Crippen LogP contribution in [0.4, 0.5) is 13.2 Å². The van der Waals surface area contributed by atoms with Gasteiger partial charge in [-0.3, -0.25) is 14.2 Å². The molecule has 0 saturated heterocycles. The van der Waals surface area contributed by atoms with E-state index in [2.05, 4.69) is 20.0 Å². The molecule has 0 atom stereocenters. The molecule has 3 aromatic rings. The Morgan fingerprint density at radius 2 is 2.03 bits per heavy atom. The highest BCUT2D eigenvalue weighted by Gasteiger charge is 2.32. The topological polar surface area (TPSA) is 106 Å². The summed E-state index contributed by atoms with van der Waals surface area (Å²) in [6.45, 7) is 1.42. The molecule has 8 nitrogen and oxygen atoms in total. The molecular weight excluding hydrogens is 425 g/mol. The smallest absolute Gasteiger partial charge is 0.405 e. The molecule has 12 heteroatoms. The second-order valence-electron chi connectivity index (χ2n) is 6.11. The molecule has 0 aliphatic heterocycles. The summed E-state index contributed by atoms with van der Waals surface area (Å²) in [4.78, 5) is 43.2. The van der Waals surface area contributed by atoms with Crippen LogP contribution in [-0.2, 0) is 13.1 Å². The van der Waals surface area contributed by atoms with Crippen molar-refractivity contribution >= 4 is 17.2 Å². The van der Waals surface area contributed by atoms with Gasteiger partial charge < -0.3 is 15.0 Å². The number of alkyl halides is 3. The summed E-state index contributed by atoms with van der Waals surface area (Å²) in [6.07, 6.45) is -4.88. The lowest BCUT2D eigenvalue weighted by atomic mass is 10.2. The molecule has 0 bridgehead atoms. The monoisotopic (exact) mass is 440 g/mol. The highest BCUT2D eigenvalue weighted by molar-refractivity contribution is 7.09. The highest BCUT2D eigenvalue weighted by Crippen LogP contribution is 2.26. The number of benzene rings is 1. The van der Waals surface area contributed by atoms with Crippen LogP contribution >= 0.6 is 11.3 Å². The summed E-state index contributed by atoms with van der Waals surface area (Å²) < 4.78 is 42.2. The first-order valence-electron chi connectivity index (χ1n) is 8.49. The predicted molar refractivity (Wildman–Crippen MR) is 102 cm³/mol. The first kappa shape index (κ1) is 21.3. The Hall–Kier alpha value is -3.41. The first-order chi connectivity index (χ1) is 14.1. The van der Waals surface area contributed by atoms with Crippen LogP contribution in [-0.4, -0.2) is 26.8 Å². The zero-order chi connectivity index (χ0) is 21.9. The molecule has 0 unspecified atom stereocenters. The number of carbonyl (C=O) groups is 1. The molecule has 0 aliphatic carbocycles. The lowest BCUT2D eigenvalue weighted by Crippen LogP contribution is -2.38. The molecule has 0 fully saturated rings. The zero-order valence-corrected chi connectivity index (χ0v) is 16.3. The van der Waals surface area contributed by atoms with Crippen molar-refractivity contribution in [1.29, 1.82) is 0 Å². The number of nitrogens with zero attached hydrogens (tertiary/aromatic N) is 2. The molecule has 0 saturated carbocycles. The van der Waals surface area contributed by atoms with Gasteiger partial charge in [0.25, 0.3) is 11.5 Å². The fraction of sp³-hybridized carbons (Fsp3) is 0.222. The number of aromatic amines is 1. The zero-order valence-electron chi connectivity index (χ0n) is 15.4. The van der Waals surface area contributed by atoms with Gasteiger partial charge in [0.15, 0.2) is 0 Å². The number of carbonyl (C=O) groups excluding carboxylic acids is 1. The van der Waals surface area contributed by atoms with Gasteiger partial charge in [0.05, 0.1) is 17.2 Å². The van der Waals surface area contributed by atoms with Gasteiger partial charge in [0, 0.05) is 23.6 Å². The number of rotatable bonds is 6. The number of H-pyrrole nitrogens is 1. The molecule has 0 radical (unpaired) electrons. The van der Waals surface area contributed by atoms with Crippen molar-refractivity contribution in [2.75, 3.05) is 0 Å². The van der Waals surface area contributed by atoms with Gasteiger partial charge in [-0.25, -0.2) is 9.78 Å². The quantitative estimate of drug-likeness (QED) is 0.611. The molecular formula is C18H15F3N4O4S.